The Balaban J connectivity index is 1.91. The van der Waals surface area contributed by atoms with Gasteiger partial charge in [0, 0.05) is 44.8 Å². The first-order chi connectivity index (χ1) is 25.5. The van der Waals surface area contributed by atoms with Crippen molar-refractivity contribution in [1.29, 1.82) is 0 Å². The number of hydrogen-bond acceptors (Lipinski definition) is 14. The van der Waals surface area contributed by atoms with Crippen LogP contribution in [0.1, 0.15) is 86.5 Å². The summed E-state index contributed by atoms with van der Waals surface area (Å²) in [5.74, 6) is -2.40. The normalized spacial score (nSPS) is 43.8. The Morgan fingerprint density at radius 3 is 2.13 bits per heavy atom. The van der Waals surface area contributed by atoms with Crippen LogP contribution in [0.3, 0.4) is 0 Å². The molecule has 15 heteroatoms. The number of aldehydes is 1. The summed E-state index contributed by atoms with van der Waals surface area (Å²) >= 11 is 2.27. The third-order valence-corrected chi connectivity index (χ3v) is 13.5. The lowest BCUT2D eigenvalue weighted by atomic mass is 9.79. The van der Waals surface area contributed by atoms with Gasteiger partial charge in [-0.25, -0.2) is 0 Å². The van der Waals surface area contributed by atoms with E-state index in [-0.39, 0.29) is 53.1 Å². The number of alkyl halides is 1. The van der Waals surface area contributed by atoms with Crippen LogP contribution < -0.4 is 0 Å². The molecule has 18 atom stereocenters. The minimum absolute atomic E-state index is 0.0379. The fourth-order valence-corrected chi connectivity index (χ4v) is 9.59. The zero-order valence-electron chi connectivity index (χ0n) is 33.9. The van der Waals surface area contributed by atoms with Crippen molar-refractivity contribution in [3.8, 4) is 0 Å². The molecule has 3 aliphatic rings. The van der Waals surface area contributed by atoms with Crippen molar-refractivity contribution in [2.75, 3.05) is 34.9 Å². The molecule has 54 heavy (non-hydrogen) atoms. The molecule has 0 aliphatic carbocycles. The number of nitrogens with zero attached hydrogens (tertiary/aromatic N) is 1. The molecule has 3 N–H and O–H groups in total. The lowest BCUT2D eigenvalue weighted by Gasteiger charge is -2.46. The van der Waals surface area contributed by atoms with Gasteiger partial charge in [-0.15, -0.1) is 0 Å². The molecule has 0 radical (unpaired) electrons. The largest absolute Gasteiger partial charge is 0.462 e. The molecule has 3 saturated heterocycles. The molecule has 0 bridgehead atoms. The number of methoxy groups -OCH3 is 2. The highest BCUT2D eigenvalue weighted by Crippen LogP contribution is 2.37. The number of aliphatic hydroxyl groups is 3. The second-order valence-corrected chi connectivity index (χ2v) is 17.5. The van der Waals surface area contributed by atoms with Crippen molar-refractivity contribution in [3.63, 3.8) is 0 Å². The summed E-state index contributed by atoms with van der Waals surface area (Å²) in [4.78, 5) is 41.3. The monoisotopic (exact) mass is 885 g/mol. The Morgan fingerprint density at radius 2 is 1.54 bits per heavy atom. The van der Waals surface area contributed by atoms with Crippen molar-refractivity contribution >= 4 is 40.6 Å². The van der Waals surface area contributed by atoms with Gasteiger partial charge in [0.25, 0.3) is 0 Å². The molecule has 0 aromatic rings. The molecule has 0 aromatic heterocycles. The molecule has 3 fully saturated rings. The lowest BCUT2D eigenvalue weighted by Crippen LogP contribution is -2.61. The Bertz CT molecular complexity index is 1170. The van der Waals surface area contributed by atoms with E-state index in [2.05, 4.69) is 29.5 Å². The first-order valence-corrected chi connectivity index (χ1v) is 20.9. The SMILES string of the molecule is CC[C@H]1OC(=O)C[C@H](O)[C@H](C)[C@@H](O[C@@H]2O[C@H](C)[C@@H](I)[C@H](N(C)C)[C@H]2O)[C@@H](CC=O)C[C@H](C)C(=O)CCC(C)C[C@@H]1CO[C@@H]1O[C@H](C)[C@@H](O)[C@@H](OC)[C@H]1OC. The van der Waals surface area contributed by atoms with Crippen LogP contribution in [0.25, 0.3) is 0 Å². The van der Waals surface area contributed by atoms with Gasteiger partial charge in [-0.05, 0) is 65.5 Å². The van der Waals surface area contributed by atoms with Crippen LogP contribution in [-0.4, -0.2) is 151 Å². The maximum atomic E-state index is 13.7. The van der Waals surface area contributed by atoms with Crippen molar-refractivity contribution in [2.45, 2.75) is 164 Å². The number of ketones is 1. The maximum Gasteiger partial charge on any atom is 0.308 e. The Morgan fingerprint density at radius 1 is 0.889 bits per heavy atom. The van der Waals surface area contributed by atoms with E-state index >= 15 is 0 Å². The topological polar surface area (TPSA) is 180 Å². The van der Waals surface area contributed by atoms with Crippen LogP contribution in [0.5, 0.6) is 0 Å². The van der Waals surface area contributed by atoms with Crippen LogP contribution in [0.4, 0.5) is 0 Å². The fourth-order valence-electron chi connectivity index (χ4n) is 8.35. The molecule has 14 nitrogen and oxygen atoms in total. The van der Waals surface area contributed by atoms with Crippen LogP contribution in [0.15, 0.2) is 0 Å². The minimum atomic E-state index is -1.24. The number of likely N-dealkylation sites (N-methyl/N-ethyl adjacent to an activating group) is 1. The van der Waals surface area contributed by atoms with E-state index < -0.39 is 85.1 Å². The van der Waals surface area contributed by atoms with Gasteiger partial charge >= 0.3 is 5.97 Å². The van der Waals surface area contributed by atoms with Crippen LogP contribution in [0, 0.1) is 29.6 Å². The number of aliphatic hydroxyl groups excluding tert-OH is 3. The maximum absolute atomic E-state index is 13.7. The summed E-state index contributed by atoms with van der Waals surface area (Å²) in [5, 5.41) is 33.7. The number of carbonyl (C=O) groups excluding carboxylic acids is 3. The average molecular weight is 886 g/mol. The van der Waals surface area contributed by atoms with E-state index in [9.17, 15) is 29.7 Å². The molecule has 3 heterocycles. The number of rotatable bonds is 11. The third kappa shape index (κ3) is 12.3. The minimum Gasteiger partial charge on any atom is -0.462 e. The quantitative estimate of drug-likeness (QED) is 0.119. The standard InChI is InChI=1S/C39H68INO13/c1-11-29-26(19-50-39-37(49-10)36(48-9)33(46)24(6)52-39)16-20(2)12-13-27(43)21(3)17-25(14-15-42)35(22(4)28(44)18-30(45)53-29)54-38-34(47)32(41(7)8)31(40)23(5)51-38/h15,20-26,28-29,31-39,44,46-47H,11-14,16-19H2,1-10H3/t20?,21-,22-,23+,24+,25-,26+,28-,29+,31+,32-,33+,34+,35+,36+,37+,38-,39+/m0/s1. The highest BCUT2D eigenvalue weighted by atomic mass is 127. The van der Waals surface area contributed by atoms with Gasteiger partial charge in [0.2, 0.25) is 0 Å². The van der Waals surface area contributed by atoms with E-state index in [4.69, 9.17) is 33.2 Å². The summed E-state index contributed by atoms with van der Waals surface area (Å²) in [6.07, 6.45) is -6.00. The predicted molar refractivity (Wildman–Crippen MR) is 208 cm³/mol. The Labute approximate surface area is 335 Å². The molecule has 1 unspecified atom stereocenters. The summed E-state index contributed by atoms with van der Waals surface area (Å²) in [6, 6.07) is -0.294. The molecule has 3 aliphatic heterocycles. The number of cyclic esters (lactones) is 1. The Kier molecular flexibility index (Phi) is 19.7. The van der Waals surface area contributed by atoms with Crippen molar-refractivity contribution in [3.05, 3.63) is 0 Å². The highest BCUT2D eigenvalue weighted by Gasteiger charge is 2.48. The molecule has 314 valence electrons. The number of hydrogen-bond donors (Lipinski definition) is 3. The molecular weight excluding hydrogens is 817 g/mol. The van der Waals surface area contributed by atoms with Crippen molar-refractivity contribution in [2.24, 2.45) is 29.6 Å². The smallest absolute Gasteiger partial charge is 0.308 e. The zero-order valence-corrected chi connectivity index (χ0v) is 36.0. The van der Waals surface area contributed by atoms with Crippen LogP contribution in [-0.2, 0) is 47.5 Å². The average Bonchev–Trinajstić information content (AvgIpc) is 3.12. The van der Waals surface area contributed by atoms with Gasteiger partial charge in [-0.3, -0.25) is 9.59 Å². The molecule has 3 rings (SSSR count). The van der Waals surface area contributed by atoms with Gasteiger partial charge in [0.1, 0.15) is 42.6 Å². The van der Waals surface area contributed by atoms with Crippen LogP contribution >= 0.6 is 22.6 Å². The van der Waals surface area contributed by atoms with Crippen LogP contribution in [0.2, 0.25) is 0 Å². The second kappa shape index (κ2) is 22.3. The van der Waals surface area contributed by atoms with Gasteiger partial charge in [0.15, 0.2) is 12.6 Å². The molecular formula is C39H68INO13. The third-order valence-electron chi connectivity index (χ3n) is 11.8. The van der Waals surface area contributed by atoms with Gasteiger partial charge in [-0.2, -0.15) is 0 Å². The van der Waals surface area contributed by atoms with E-state index in [1.54, 1.807) is 13.8 Å². The number of Topliss-reactive ketones (excluding diaryl/α,β-unsaturated/α-hetero) is 1. The highest BCUT2D eigenvalue weighted by molar-refractivity contribution is 14.1. The summed E-state index contributed by atoms with van der Waals surface area (Å²) in [6.45, 7) is 11.4. The summed E-state index contributed by atoms with van der Waals surface area (Å²) in [5.41, 5.74) is 0. The van der Waals surface area contributed by atoms with E-state index in [0.717, 1.165) is 6.29 Å². The Hall–Kier alpha value is -0.860. The van der Waals surface area contributed by atoms with Crippen molar-refractivity contribution < 1.29 is 62.9 Å². The fraction of sp³-hybridized carbons (Fsp3) is 0.923. The number of ether oxygens (including phenoxy) is 7. The molecule has 0 saturated carbocycles. The van der Waals surface area contributed by atoms with Gasteiger partial charge in [0.05, 0.1) is 47.4 Å². The van der Waals surface area contributed by atoms with E-state index in [0.29, 0.717) is 32.1 Å². The zero-order chi connectivity index (χ0) is 40.4. The summed E-state index contributed by atoms with van der Waals surface area (Å²) in [7, 11) is 6.75. The number of carbonyl (C=O) groups is 3. The first kappa shape index (κ1) is 47.5. The van der Waals surface area contributed by atoms with E-state index in [1.165, 1.54) is 14.2 Å². The van der Waals surface area contributed by atoms with Gasteiger partial charge in [-0.1, -0.05) is 50.3 Å². The van der Waals surface area contributed by atoms with Crippen molar-refractivity contribution in [1.82, 2.24) is 4.90 Å². The molecule has 0 spiro atoms. The number of esters is 1. The first-order valence-electron chi connectivity index (χ1n) is 19.6. The van der Waals surface area contributed by atoms with E-state index in [1.807, 2.05) is 39.8 Å². The second-order valence-electron chi connectivity index (χ2n) is 16.1. The molecule has 0 aromatic carbocycles. The lowest BCUT2D eigenvalue weighted by molar-refractivity contribution is -0.305. The predicted octanol–water partition coefficient (Wildman–Crippen LogP) is 3.31. The van der Waals surface area contributed by atoms with Gasteiger partial charge < -0.3 is 58.2 Å². The molecule has 0 amide bonds. The summed E-state index contributed by atoms with van der Waals surface area (Å²) < 4.78 is 42.3. The number of halogens is 1.